The van der Waals surface area contributed by atoms with Crippen LogP contribution in [0.15, 0.2) is 36.7 Å². The number of aromatic nitrogens is 2. The highest BCUT2D eigenvalue weighted by molar-refractivity contribution is 7.89. The van der Waals surface area contributed by atoms with E-state index in [4.69, 9.17) is 9.47 Å². The van der Waals surface area contributed by atoms with Crippen LogP contribution in [-0.4, -0.2) is 91.1 Å². The lowest BCUT2D eigenvalue weighted by atomic mass is 10.2. The molecule has 0 aromatic carbocycles. The molecule has 0 spiro atoms. The summed E-state index contributed by atoms with van der Waals surface area (Å²) >= 11 is 0. The van der Waals surface area contributed by atoms with Gasteiger partial charge >= 0.3 is 0 Å². The number of nitrogens with one attached hydrogen (secondary N) is 1. The van der Waals surface area contributed by atoms with E-state index in [1.807, 2.05) is 6.92 Å². The van der Waals surface area contributed by atoms with E-state index in [1.54, 1.807) is 42.3 Å². The summed E-state index contributed by atoms with van der Waals surface area (Å²) < 4.78 is 37.6. The van der Waals surface area contributed by atoms with Crippen molar-refractivity contribution in [2.24, 2.45) is 0 Å². The number of carbonyl (C=O) groups excluding carboxylic acids is 2. The van der Waals surface area contributed by atoms with Gasteiger partial charge in [0, 0.05) is 45.1 Å². The fourth-order valence-corrected chi connectivity index (χ4v) is 4.82. The van der Waals surface area contributed by atoms with Crippen molar-refractivity contribution in [2.75, 3.05) is 51.7 Å². The van der Waals surface area contributed by atoms with Crippen LogP contribution in [0.25, 0.3) is 0 Å². The zero-order valence-corrected chi connectivity index (χ0v) is 20.1. The Balaban J connectivity index is 1.52. The van der Waals surface area contributed by atoms with Gasteiger partial charge in [0.1, 0.15) is 11.1 Å². The molecule has 1 fully saturated rings. The summed E-state index contributed by atoms with van der Waals surface area (Å²) in [6, 6.07) is 6.48. The lowest BCUT2D eigenvalue weighted by molar-refractivity contribution is 0.0692. The molecule has 1 aliphatic rings. The first-order valence-electron chi connectivity index (χ1n) is 11.1. The molecule has 184 valence electrons. The van der Waals surface area contributed by atoms with E-state index >= 15 is 0 Å². The summed E-state index contributed by atoms with van der Waals surface area (Å²) in [6.07, 6.45) is 3.07. The number of hydrogen-bond donors (Lipinski definition) is 1. The van der Waals surface area contributed by atoms with Gasteiger partial charge in [-0.05, 0) is 38.1 Å². The van der Waals surface area contributed by atoms with Crippen molar-refractivity contribution in [3.63, 3.8) is 0 Å². The molecule has 0 aliphatic carbocycles. The number of rotatable bonds is 10. The summed E-state index contributed by atoms with van der Waals surface area (Å²) in [5.41, 5.74) is 0.598. The van der Waals surface area contributed by atoms with Crippen LogP contribution >= 0.6 is 0 Å². The lowest BCUT2D eigenvalue weighted by Crippen LogP contribution is -2.51. The minimum Gasteiger partial charge on any atom is -0.477 e. The van der Waals surface area contributed by atoms with Crippen LogP contribution in [0.1, 0.15) is 34.6 Å². The molecule has 3 heterocycles. The zero-order valence-electron chi connectivity index (χ0n) is 19.3. The Hall–Kier alpha value is -3.25. The number of pyridine rings is 2. The van der Waals surface area contributed by atoms with E-state index in [0.717, 1.165) is 0 Å². The predicted octanol–water partition coefficient (Wildman–Crippen LogP) is 0.792. The Morgan fingerprint density at radius 1 is 0.941 bits per heavy atom. The van der Waals surface area contributed by atoms with Crippen molar-refractivity contribution >= 4 is 21.8 Å². The molecule has 2 amide bonds. The third kappa shape index (κ3) is 6.20. The summed E-state index contributed by atoms with van der Waals surface area (Å²) in [6.45, 7) is 5.10. The Morgan fingerprint density at radius 2 is 1.50 bits per heavy atom. The second kappa shape index (κ2) is 11.7. The molecule has 2 aromatic heterocycles. The van der Waals surface area contributed by atoms with Crippen LogP contribution < -0.4 is 14.8 Å². The number of ether oxygens (including phenoxy) is 2. The SMILES string of the molecule is CCOc1ncccc1C(=O)NCCS(=O)(=O)N1CCN(C(=O)c2cccnc2OCC)CC1. The summed E-state index contributed by atoms with van der Waals surface area (Å²) in [5, 5.41) is 2.61. The minimum absolute atomic E-state index is 0.0613. The highest BCUT2D eigenvalue weighted by Gasteiger charge is 2.30. The van der Waals surface area contributed by atoms with Gasteiger partial charge in [-0.15, -0.1) is 0 Å². The molecule has 11 nitrogen and oxygen atoms in total. The molecule has 0 unspecified atom stereocenters. The zero-order chi connectivity index (χ0) is 24.6. The minimum atomic E-state index is -3.62. The molecule has 1 N–H and O–H groups in total. The fraction of sp³-hybridized carbons (Fsp3) is 0.455. The lowest BCUT2D eigenvalue weighted by Gasteiger charge is -2.34. The molecule has 34 heavy (non-hydrogen) atoms. The van der Waals surface area contributed by atoms with Gasteiger partial charge < -0.3 is 19.7 Å². The highest BCUT2D eigenvalue weighted by Crippen LogP contribution is 2.19. The fourth-order valence-electron chi connectivity index (χ4n) is 3.48. The Labute approximate surface area is 199 Å². The van der Waals surface area contributed by atoms with Crippen molar-refractivity contribution in [3.05, 3.63) is 47.8 Å². The Morgan fingerprint density at radius 3 is 2.09 bits per heavy atom. The smallest absolute Gasteiger partial charge is 0.259 e. The maximum atomic E-state index is 12.9. The summed E-state index contributed by atoms with van der Waals surface area (Å²) in [7, 11) is -3.62. The van der Waals surface area contributed by atoms with E-state index in [-0.39, 0.29) is 61.7 Å². The number of carbonyl (C=O) groups is 2. The van der Waals surface area contributed by atoms with E-state index in [0.29, 0.717) is 18.8 Å². The molecule has 0 saturated carbocycles. The second-order valence-electron chi connectivity index (χ2n) is 7.34. The van der Waals surface area contributed by atoms with E-state index in [2.05, 4.69) is 15.3 Å². The maximum absolute atomic E-state index is 12.9. The molecular weight excluding hydrogens is 462 g/mol. The monoisotopic (exact) mass is 491 g/mol. The van der Waals surface area contributed by atoms with Crippen LogP contribution in [0.5, 0.6) is 11.8 Å². The van der Waals surface area contributed by atoms with Gasteiger partial charge in [-0.3, -0.25) is 9.59 Å². The van der Waals surface area contributed by atoms with E-state index < -0.39 is 15.9 Å². The first kappa shape index (κ1) is 25.4. The maximum Gasteiger partial charge on any atom is 0.259 e. The summed E-state index contributed by atoms with van der Waals surface area (Å²) in [4.78, 5) is 35.0. The predicted molar refractivity (Wildman–Crippen MR) is 124 cm³/mol. The molecular formula is C22H29N5O6S. The first-order valence-corrected chi connectivity index (χ1v) is 12.7. The number of hydrogen-bond acceptors (Lipinski definition) is 8. The molecule has 0 atom stereocenters. The van der Waals surface area contributed by atoms with Gasteiger partial charge in [0.2, 0.25) is 21.8 Å². The molecule has 1 aliphatic heterocycles. The summed E-state index contributed by atoms with van der Waals surface area (Å²) in [5.74, 6) is -0.492. The van der Waals surface area contributed by atoms with Gasteiger partial charge in [0.05, 0.1) is 19.0 Å². The van der Waals surface area contributed by atoms with Gasteiger partial charge in [-0.25, -0.2) is 18.4 Å². The average molecular weight is 492 g/mol. The van der Waals surface area contributed by atoms with Crippen molar-refractivity contribution < 1.29 is 27.5 Å². The third-order valence-electron chi connectivity index (χ3n) is 5.14. The topological polar surface area (TPSA) is 131 Å². The largest absolute Gasteiger partial charge is 0.477 e. The number of nitrogens with zero attached hydrogens (tertiary/aromatic N) is 4. The van der Waals surface area contributed by atoms with Gasteiger partial charge in [-0.2, -0.15) is 4.31 Å². The average Bonchev–Trinajstić information content (AvgIpc) is 2.84. The number of piperazine rings is 1. The Kier molecular flexibility index (Phi) is 8.77. The highest BCUT2D eigenvalue weighted by atomic mass is 32.2. The second-order valence-corrected chi connectivity index (χ2v) is 9.43. The van der Waals surface area contributed by atoms with Gasteiger partial charge in [0.15, 0.2) is 0 Å². The third-order valence-corrected chi connectivity index (χ3v) is 7.02. The first-order chi connectivity index (χ1) is 16.4. The van der Waals surface area contributed by atoms with Crippen LogP contribution in [0.2, 0.25) is 0 Å². The van der Waals surface area contributed by atoms with Crippen LogP contribution in [0, 0.1) is 0 Å². The van der Waals surface area contributed by atoms with Gasteiger partial charge in [-0.1, -0.05) is 0 Å². The molecule has 1 saturated heterocycles. The normalized spacial score (nSPS) is 14.5. The quantitative estimate of drug-likeness (QED) is 0.516. The molecule has 12 heteroatoms. The Bertz CT molecular complexity index is 1100. The van der Waals surface area contributed by atoms with Crippen molar-refractivity contribution in [3.8, 4) is 11.8 Å². The van der Waals surface area contributed by atoms with Crippen molar-refractivity contribution in [1.29, 1.82) is 0 Å². The number of amides is 2. The van der Waals surface area contributed by atoms with Crippen LogP contribution in [0.4, 0.5) is 0 Å². The van der Waals surface area contributed by atoms with Crippen LogP contribution in [0.3, 0.4) is 0 Å². The molecule has 0 radical (unpaired) electrons. The van der Waals surface area contributed by atoms with Gasteiger partial charge in [0.25, 0.3) is 11.8 Å². The van der Waals surface area contributed by atoms with Crippen LogP contribution in [-0.2, 0) is 10.0 Å². The standard InChI is InChI=1S/C22H29N5O6S/c1-3-32-20-17(7-5-9-24-20)19(28)23-11-16-34(30,31)27-14-12-26(13-15-27)22(29)18-8-6-10-25-21(18)33-4-2/h5-10H,3-4,11-16H2,1-2H3,(H,23,28). The van der Waals surface area contributed by atoms with E-state index in [9.17, 15) is 18.0 Å². The molecule has 2 aromatic rings. The van der Waals surface area contributed by atoms with Crippen molar-refractivity contribution in [2.45, 2.75) is 13.8 Å². The molecule has 3 rings (SSSR count). The van der Waals surface area contributed by atoms with E-state index in [1.165, 1.54) is 10.5 Å². The van der Waals surface area contributed by atoms with Crippen molar-refractivity contribution in [1.82, 2.24) is 24.5 Å². The molecule has 0 bridgehead atoms. The number of sulfonamides is 1.